The number of nitrogens with one attached hydrogen (secondary N) is 2. The van der Waals surface area contributed by atoms with Gasteiger partial charge in [-0.1, -0.05) is 84.9 Å². The lowest BCUT2D eigenvalue weighted by Crippen LogP contribution is -2.32. The van der Waals surface area contributed by atoms with Crippen LogP contribution in [0.2, 0.25) is 0 Å². The van der Waals surface area contributed by atoms with Crippen molar-refractivity contribution < 1.29 is 9.59 Å². The van der Waals surface area contributed by atoms with Crippen molar-refractivity contribution in [2.75, 3.05) is 31.5 Å². The number of H-pyrrole nitrogens is 1. The van der Waals surface area contributed by atoms with E-state index in [0.717, 1.165) is 95.5 Å². The van der Waals surface area contributed by atoms with E-state index in [-0.39, 0.29) is 17.9 Å². The number of hydrogen-bond acceptors (Lipinski definition) is 6. The minimum atomic E-state index is -0.0318. The van der Waals surface area contributed by atoms with Crippen LogP contribution in [-0.2, 0) is 22.4 Å². The molecule has 2 saturated heterocycles. The van der Waals surface area contributed by atoms with Gasteiger partial charge in [0.2, 0.25) is 17.8 Å². The Bertz CT molecular complexity index is 2130. The number of rotatable bonds is 10. The van der Waals surface area contributed by atoms with E-state index < -0.39 is 0 Å². The van der Waals surface area contributed by atoms with Gasteiger partial charge in [0.15, 0.2) is 0 Å². The van der Waals surface area contributed by atoms with Gasteiger partial charge in [-0.25, -0.2) is 15.0 Å². The molecule has 9 heteroatoms. The van der Waals surface area contributed by atoms with Crippen molar-refractivity contribution in [3.8, 4) is 22.4 Å². The topological polar surface area (TPSA) is 107 Å². The monoisotopic (exact) mass is 675 g/mol. The first-order valence-electron chi connectivity index (χ1n) is 17.9. The molecular formula is C42H41N7O2. The fourth-order valence-electron chi connectivity index (χ4n) is 7.38. The van der Waals surface area contributed by atoms with Crippen molar-refractivity contribution >= 4 is 28.5 Å². The van der Waals surface area contributed by atoms with Gasteiger partial charge in [0.1, 0.15) is 5.82 Å². The Kier molecular flexibility index (Phi) is 9.25. The van der Waals surface area contributed by atoms with E-state index in [4.69, 9.17) is 4.98 Å². The number of hydrogen-bond donors (Lipinski definition) is 2. The third-order valence-electron chi connectivity index (χ3n) is 10.2. The number of nitrogens with zero attached hydrogens (tertiary/aromatic N) is 5. The molecule has 2 aliphatic rings. The van der Waals surface area contributed by atoms with Crippen LogP contribution in [0.1, 0.15) is 42.3 Å². The highest BCUT2D eigenvalue weighted by Crippen LogP contribution is 2.33. The van der Waals surface area contributed by atoms with Crippen molar-refractivity contribution in [2.24, 2.45) is 5.92 Å². The van der Waals surface area contributed by atoms with E-state index in [1.54, 1.807) is 0 Å². The summed E-state index contributed by atoms with van der Waals surface area (Å²) in [4.78, 5) is 47.3. The van der Waals surface area contributed by atoms with Crippen LogP contribution in [0.5, 0.6) is 0 Å². The molecule has 2 amide bonds. The third-order valence-corrected chi connectivity index (χ3v) is 10.2. The van der Waals surface area contributed by atoms with Gasteiger partial charge in [-0.2, -0.15) is 0 Å². The molecule has 4 aromatic carbocycles. The fraction of sp³-hybridized carbons (Fsp3) is 0.262. The molecule has 2 aromatic heterocycles. The Morgan fingerprint density at radius 3 is 2.10 bits per heavy atom. The van der Waals surface area contributed by atoms with E-state index in [9.17, 15) is 9.59 Å². The van der Waals surface area contributed by atoms with Crippen LogP contribution >= 0.6 is 0 Å². The normalized spacial score (nSPS) is 17.3. The van der Waals surface area contributed by atoms with Crippen LogP contribution in [0.4, 0.5) is 5.95 Å². The highest BCUT2D eigenvalue weighted by molar-refractivity contribution is 5.90. The van der Waals surface area contributed by atoms with Crippen molar-refractivity contribution in [1.29, 1.82) is 0 Å². The van der Waals surface area contributed by atoms with Crippen LogP contribution in [-0.4, -0.2) is 67.7 Å². The fourth-order valence-corrected chi connectivity index (χ4v) is 7.38. The zero-order valence-corrected chi connectivity index (χ0v) is 28.5. The maximum atomic E-state index is 13.2. The van der Waals surface area contributed by atoms with Gasteiger partial charge in [-0.3, -0.25) is 9.59 Å². The number of carbonyl (C=O) groups is 2. The Balaban J connectivity index is 0.872. The minimum absolute atomic E-state index is 0.0318. The molecule has 2 aliphatic heterocycles. The van der Waals surface area contributed by atoms with E-state index in [1.807, 2.05) is 89.1 Å². The van der Waals surface area contributed by atoms with Crippen LogP contribution in [0.3, 0.4) is 0 Å². The summed E-state index contributed by atoms with van der Waals surface area (Å²) in [6.07, 6.45) is 9.31. The van der Waals surface area contributed by atoms with E-state index >= 15 is 0 Å². The summed E-state index contributed by atoms with van der Waals surface area (Å²) < 4.78 is 0. The molecule has 2 fully saturated rings. The zero-order valence-electron chi connectivity index (χ0n) is 28.5. The van der Waals surface area contributed by atoms with E-state index in [1.165, 1.54) is 0 Å². The predicted molar refractivity (Wildman–Crippen MR) is 200 cm³/mol. The maximum Gasteiger partial charge on any atom is 0.227 e. The molecule has 0 aliphatic carbocycles. The third kappa shape index (κ3) is 7.38. The Morgan fingerprint density at radius 2 is 1.37 bits per heavy atom. The number of fused-ring (bicyclic) bond motifs is 1. The summed E-state index contributed by atoms with van der Waals surface area (Å²) in [5.41, 5.74) is 6.09. The Hall–Kier alpha value is -5.83. The van der Waals surface area contributed by atoms with Gasteiger partial charge in [0.25, 0.3) is 0 Å². The van der Waals surface area contributed by atoms with E-state index in [0.29, 0.717) is 24.7 Å². The smallest absolute Gasteiger partial charge is 0.227 e. The number of benzene rings is 4. The van der Waals surface area contributed by atoms with Crippen LogP contribution in [0.15, 0.2) is 116 Å². The molecule has 9 nitrogen and oxygen atoms in total. The molecule has 2 atom stereocenters. The molecule has 0 unspecified atom stereocenters. The minimum Gasteiger partial charge on any atom is -0.354 e. The molecule has 51 heavy (non-hydrogen) atoms. The van der Waals surface area contributed by atoms with Crippen molar-refractivity contribution in [3.05, 3.63) is 133 Å². The van der Waals surface area contributed by atoms with Gasteiger partial charge >= 0.3 is 0 Å². The molecule has 0 saturated carbocycles. The number of aromatic amines is 1. The number of carbonyl (C=O) groups excluding carboxylic acids is 2. The van der Waals surface area contributed by atoms with Gasteiger partial charge in [-0.05, 0) is 64.8 Å². The molecular weight excluding hydrogens is 635 g/mol. The lowest BCUT2D eigenvalue weighted by Gasteiger charge is -2.23. The van der Waals surface area contributed by atoms with Crippen molar-refractivity contribution in [1.82, 2.24) is 29.7 Å². The van der Waals surface area contributed by atoms with Gasteiger partial charge in [-0.15, -0.1) is 0 Å². The van der Waals surface area contributed by atoms with Crippen LogP contribution in [0, 0.1) is 5.92 Å². The van der Waals surface area contributed by atoms with Crippen LogP contribution in [0.25, 0.3) is 33.2 Å². The lowest BCUT2D eigenvalue weighted by atomic mass is 10.0. The average molecular weight is 676 g/mol. The molecule has 8 rings (SSSR count). The molecule has 0 radical (unpaired) electrons. The first-order valence-corrected chi connectivity index (χ1v) is 17.9. The summed E-state index contributed by atoms with van der Waals surface area (Å²) in [7, 11) is 0. The highest BCUT2D eigenvalue weighted by Gasteiger charge is 2.32. The Labute approximate surface area is 297 Å². The molecule has 0 bridgehead atoms. The molecule has 0 spiro atoms. The first-order chi connectivity index (χ1) is 25.1. The second kappa shape index (κ2) is 14.6. The first kappa shape index (κ1) is 32.4. The summed E-state index contributed by atoms with van der Waals surface area (Å²) in [5.74, 6) is 2.14. The average Bonchev–Trinajstić information content (AvgIpc) is 3.97. The maximum absolute atomic E-state index is 13.2. The molecule has 2 N–H and O–H groups in total. The summed E-state index contributed by atoms with van der Waals surface area (Å²) in [5, 5.41) is 5.62. The SMILES string of the molecule is O=C(Cc1ccccc1)N1CC[C@H](CNc2ncc(-c3ccc4cc(-c5cnc([C@@H]6CCCN6C(=O)Cc6ccccc6)[nH]5)ccc4c3)cn2)C1. The van der Waals surface area contributed by atoms with Gasteiger partial charge < -0.3 is 20.1 Å². The summed E-state index contributed by atoms with van der Waals surface area (Å²) in [6, 6.07) is 32.6. The highest BCUT2D eigenvalue weighted by atomic mass is 16.2. The van der Waals surface area contributed by atoms with E-state index in [2.05, 4.69) is 56.7 Å². The second-order valence-electron chi connectivity index (χ2n) is 13.7. The number of amides is 2. The van der Waals surface area contributed by atoms with Crippen molar-refractivity contribution in [3.63, 3.8) is 0 Å². The largest absolute Gasteiger partial charge is 0.354 e. The molecule has 6 aromatic rings. The second-order valence-corrected chi connectivity index (χ2v) is 13.7. The Morgan fingerprint density at radius 1 is 0.706 bits per heavy atom. The van der Waals surface area contributed by atoms with Crippen LogP contribution < -0.4 is 5.32 Å². The standard InChI is InChI=1S/C42H41N7O2/c50-39(20-29-8-3-1-4-9-29)48-19-17-31(28-48)24-44-42-45-25-36(26-46-42)34-14-13-33-23-35(16-15-32(33)22-34)37-27-43-41(47-37)38-12-7-18-49(38)40(51)21-30-10-5-2-6-11-30/h1-6,8-11,13-16,22-23,25-27,31,38H,7,12,17-21,24,28H2,(H,43,47)(H,44,45,46)/t31-,38+/m1/s1. The quantitative estimate of drug-likeness (QED) is 0.161. The molecule has 4 heterocycles. The number of anilines is 1. The number of likely N-dealkylation sites (tertiary alicyclic amines) is 2. The zero-order chi connectivity index (χ0) is 34.6. The van der Waals surface area contributed by atoms with Crippen molar-refractivity contribution in [2.45, 2.75) is 38.1 Å². The van der Waals surface area contributed by atoms with Gasteiger partial charge in [0, 0.05) is 49.7 Å². The summed E-state index contributed by atoms with van der Waals surface area (Å²) >= 11 is 0. The number of aromatic nitrogens is 4. The lowest BCUT2D eigenvalue weighted by molar-refractivity contribution is -0.131. The molecule has 256 valence electrons. The number of imidazole rings is 1. The predicted octanol–water partition coefficient (Wildman–Crippen LogP) is 7.10. The summed E-state index contributed by atoms with van der Waals surface area (Å²) in [6.45, 7) is 3.04. The van der Waals surface area contributed by atoms with Gasteiger partial charge in [0.05, 0.1) is 30.8 Å².